The van der Waals surface area contributed by atoms with Gasteiger partial charge in [-0.2, -0.15) is 0 Å². The standard InChI is InChI=1S/C10H15N3O2S2/c1-3-9(10(11)16)17(14,15)13-8-4-7(2)5-12-6-8/h4-6,9,13H,3H2,1-2H3,(H2,11,16). The number of hydrogen-bond donors (Lipinski definition) is 2. The van der Waals surface area contributed by atoms with Gasteiger partial charge in [0.2, 0.25) is 10.0 Å². The van der Waals surface area contributed by atoms with Crippen molar-refractivity contribution in [1.29, 1.82) is 0 Å². The van der Waals surface area contributed by atoms with Crippen LogP contribution in [-0.2, 0) is 10.0 Å². The zero-order valence-corrected chi connectivity index (χ0v) is 11.3. The molecule has 0 aliphatic carbocycles. The molecule has 0 aromatic carbocycles. The van der Waals surface area contributed by atoms with Gasteiger partial charge in [0, 0.05) is 6.20 Å². The summed E-state index contributed by atoms with van der Waals surface area (Å²) in [5.41, 5.74) is 6.70. The lowest BCUT2D eigenvalue weighted by Gasteiger charge is -2.15. The first-order valence-corrected chi connectivity index (χ1v) is 7.05. The predicted molar refractivity (Wildman–Crippen MR) is 72.4 cm³/mol. The highest BCUT2D eigenvalue weighted by molar-refractivity contribution is 7.95. The number of nitrogens with zero attached hydrogens (tertiary/aromatic N) is 1. The molecule has 0 radical (unpaired) electrons. The van der Waals surface area contributed by atoms with Gasteiger partial charge in [0.25, 0.3) is 0 Å². The van der Waals surface area contributed by atoms with Crippen molar-refractivity contribution >= 4 is 32.9 Å². The number of rotatable bonds is 5. The van der Waals surface area contributed by atoms with Gasteiger partial charge in [0.1, 0.15) is 5.25 Å². The largest absolute Gasteiger partial charge is 0.392 e. The fourth-order valence-electron chi connectivity index (χ4n) is 1.42. The number of aryl methyl sites for hydroxylation is 1. The molecule has 94 valence electrons. The van der Waals surface area contributed by atoms with Crippen molar-refractivity contribution in [3.63, 3.8) is 0 Å². The van der Waals surface area contributed by atoms with Crippen LogP contribution in [-0.4, -0.2) is 23.6 Å². The highest BCUT2D eigenvalue weighted by Crippen LogP contribution is 2.14. The van der Waals surface area contributed by atoms with Gasteiger partial charge >= 0.3 is 0 Å². The van der Waals surface area contributed by atoms with Gasteiger partial charge in [-0.3, -0.25) is 9.71 Å². The third-order valence-electron chi connectivity index (χ3n) is 2.20. The lowest BCUT2D eigenvalue weighted by atomic mass is 10.3. The van der Waals surface area contributed by atoms with E-state index in [-0.39, 0.29) is 4.99 Å². The van der Waals surface area contributed by atoms with Crippen LogP contribution in [0.15, 0.2) is 18.5 Å². The van der Waals surface area contributed by atoms with E-state index in [1.54, 1.807) is 19.2 Å². The SMILES string of the molecule is CCC(C(N)=S)S(=O)(=O)Nc1cncc(C)c1. The topological polar surface area (TPSA) is 85.1 Å². The maximum atomic E-state index is 12.0. The second-order valence-electron chi connectivity index (χ2n) is 3.70. The van der Waals surface area contributed by atoms with Gasteiger partial charge in [0.15, 0.2) is 0 Å². The number of aromatic nitrogens is 1. The Morgan fingerprint density at radius 3 is 2.71 bits per heavy atom. The molecular formula is C10H15N3O2S2. The molecule has 1 rings (SSSR count). The van der Waals surface area contributed by atoms with Gasteiger partial charge in [-0.1, -0.05) is 19.1 Å². The summed E-state index contributed by atoms with van der Waals surface area (Å²) in [5, 5.41) is -0.863. The highest BCUT2D eigenvalue weighted by atomic mass is 32.2. The molecule has 0 spiro atoms. The Hall–Kier alpha value is -1.21. The summed E-state index contributed by atoms with van der Waals surface area (Å²) < 4.78 is 26.4. The van der Waals surface area contributed by atoms with Gasteiger partial charge < -0.3 is 5.73 Å². The lowest BCUT2D eigenvalue weighted by Crippen LogP contribution is -2.37. The molecule has 1 atom stereocenters. The zero-order chi connectivity index (χ0) is 13.1. The molecule has 5 nitrogen and oxygen atoms in total. The van der Waals surface area contributed by atoms with E-state index in [1.165, 1.54) is 6.20 Å². The third-order valence-corrected chi connectivity index (χ3v) is 4.49. The summed E-state index contributed by atoms with van der Waals surface area (Å²) in [5.74, 6) is 0. The van der Waals surface area contributed by atoms with Crippen molar-refractivity contribution in [3.05, 3.63) is 24.0 Å². The number of nitrogens with two attached hydrogens (primary N) is 1. The summed E-state index contributed by atoms with van der Waals surface area (Å²) in [4.78, 5) is 3.88. The van der Waals surface area contributed by atoms with Crippen LogP contribution in [0, 0.1) is 6.92 Å². The second kappa shape index (κ2) is 5.42. The van der Waals surface area contributed by atoms with E-state index < -0.39 is 15.3 Å². The summed E-state index contributed by atoms with van der Waals surface area (Å²) in [6.45, 7) is 3.55. The Kier molecular flexibility index (Phi) is 4.41. The average Bonchev–Trinajstić information content (AvgIpc) is 2.16. The maximum Gasteiger partial charge on any atom is 0.242 e. The van der Waals surface area contributed by atoms with E-state index in [1.807, 2.05) is 6.92 Å². The Morgan fingerprint density at radius 2 is 2.24 bits per heavy atom. The highest BCUT2D eigenvalue weighted by Gasteiger charge is 2.26. The van der Waals surface area contributed by atoms with E-state index in [0.717, 1.165) is 5.56 Å². The molecule has 0 saturated heterocycles. The van der Waals surface area contributed by atoms with Crippen molar-refractivity contribution in [2.75, 3.05) is 4.72 Å². The molecule has 1 heterocycles. The fourth-order valence-corrected chi connectivity index (χ4v) is 3.29. The first-order chi connectivity index (χ1) is 7.86. The van der Waals surface area contributed by atoms with Crippen LogP contribution in [0.4, 0.5) is 5.69 Å². The number of thiocarbonyl (C=S) groups is 1. The van der Waals surface area contributed by atoms with Gasteiger partial charge in [-0.15, -0.1) is 0 Å². The monoisotopic (exact) mass is 273 g/mol. The van der Waals surface area contributed by atoms with E-state index in [9.17, 15) is 8.42 Å². The normalized spacial score (nSPS) is 13.1. The Labute approximate surface area is 106 Å². The molecule has 0 amide bonds. The van der Waals surface area contributed by atoms with Crippen molar-refractivity contribution < 1.29 is 8.42 Å². The van der Waals surface area contributed by atoms with Crippen molar-refractivity contribution in [3.8, 4) is 0 Å². The quantitative estimate of drug-likeness (QED) is 0.787. The third kappa shape index (κ3) is 3.64. The minimum absolute atomic E-state index is 0.0272. The van der Waals surface area contributed by atoms with Crippen molar-refractivity contribution in [2.45, 2.75) is 25.5 Å². The van der Waals surface area contributed by atoms with Crippen LogP contribution >= 0.6 is 12.2 Å². The summed E-state index contributed by atoms with van der Waals surface area (Å²) in [6, 6.07) is 1.69. The molecule has 1 aromatic heterocycles. The summed E-state index contributed by atoms with van der Waals surface area (Å²) in [7, 11) is -3.60. The Balaban J connectivity index is 2.97. The number of hydrogen-bond acceptors (Lipinski definition) is 4. The molecule has 0 aliphatic heterocycles. The van der Waals surface area contributed by atoms with Crippen LogP contribution < -0.4 is 10.5 Å². The molecule has 3 N–H and O–H groups in total. The van der Waals surface area contributed by atoms with Gasteiger partial charge in [-0.25, -0.2) is 8.42 Å². The van der Waals surface area contributed by atoms with Gasteiger partial charge in [-0.05, 0) is 25.0 Å². The van der Waals surface area contributed by atoms with Crippen LogP contribution in [0.1, 0.15) is 18.9 Å². The number of sulfonamides is 1. The number of pyridine rings is 1. The van der Waals surface area contributed by atoms with Crippen LogP contribution in [0.25, 0.3) is 0 Å². The van der Waals surface area contributed by atoms with Crippen LogP contribution in [0.3, 0.4) is 0 Å². The summed E-state index contributed by atoms with van der Waals surface area (Å²) in [6.07, 6.45) is 3.42. The first-order valence-electron chi connectivity index (χ1n) is 5.09. The smallest absolute Gasteiger partial charge is 0.242 e. The maximum absolute atomic E-state index is 12.0. The zero-order valence-electron chi connectivity index (χ0n) is 9.67. The molecule has 0 fully saturated rings. The van der Waals surface area contributed by atoms with Crippen LogP contribution in [0.5, 0.6) is 0 Å². The lowest BCUT2D eigenvalue weighted by molar-refractivity contribution is 0.594. The van der Waals surface area contributed by atoms with Gasteiger partial charge in [0.05, 0.1) is 16.9 Å². The second-order valence-corrected chi connectivity index (χ2v) is 6.03. The molecule has 1 aromatic rings. The molecule has 7 heteroatoms. The van der Waals surface area contributed by atoms with E-state index in [0.29, 0.717) is 12.1 Å². The minimum Gasteiger partial charge on any atom is -0.392 e. The van der Waals surface area contributed by atoms with Crippen molar-refractivity contribution in [2.24, 2.45) is 5.73 Å². The number of anilines is 1. The molecule has 1 unspecified atom stereocenters. The molecule has 0 saturated carbocycles. The minimum atomic E-state index is -3.60. The van der Waals surface area contributed by atoms with E-state index >= 15 is 0 Å². The fraction of sp³-hybridized carbons (Fsp3) is 0.400. The van der Waals surface area contributed by atoms with E-state index in [4.69, 9.17) is 18.0 Å². The van der Waals surface area contributed by atoms with E-state index in [2.05, 4.69) is 9.71 Å². The molecule has 0 bridgehead atoms. The molecule has 0 aliphatic rings. The first kappa shape index (κ1) is 13.9. The van der Waals surface area contributed by atoms with Crippen LogP contribution in [0.2, 0.25) is 0 Å². The molecular weight excluding hydrogens is 258 g/mol. The summed E-state index contributed by atoms with van der Waals surface area (Å²) >= 11 is 4.75. The molecule has 17 heavy (non-hydrogen) atoms. The predicted octanol–water partition coefficient (Wildman–Crippen LogP) is 1.20. The average molecular weight is 273 g/mol. The van der Waals surface area contributed by atoms with Crippen molar-refractivity contribution in [1.82, 2.24) is 4.98 Å². The Morgan fingerprint density at radius 1 is 1.59 bits per heavy atom. The Bertz CT molecular complexity index is 514. The number of nitrogens with one attached hydrogen (secondary N) is 1.